The third kappa shape index (κ3) is 3.77. The molecule has 0 amide bonds. The fourth-order valence-corrected chi connectivity index (χ4v) is 2.85. The first kappa shape index (κ1) is 16.9. The minimum Gasteiger partial charge on any atom is -0.355 e. The van der Waals surface area contributed by atoms with E-state index < -0.39 is 16.7 Å². The third-order valence-corrected chi connectivity index (χ3v) is 4.17. The van der Waals surface area contributed by atoms with Crippen LogP contribution >= 0.6 is 11.3 Å². The Morgan fingerprint density at radius 2 is 1.84 bits per heavy atom. The lowest BCUT2D eigenvalue weighted by molar-refractivity contribution is -0.384. The summed E-state index contributed by atoms with van der Waals surface area (Å²) in [5, 5.41) is 16.3. The van der Waals surface area contributed by atoms with Gasteiger partial charge in [0.1, 0.15) is 5.01 Å². The minimum atomic E-state index is -4.40. The van der Waals surface area contributed by atoms with Crippen LogP contribution in [0.5, 0.6) is 0 Å². The second kappa shape index (κ2) is 6.52. The SMILES string of the molecule is O=[N+]([O-])c1ccc(Nc2ccc(C(F)(F)F)cc2)c(-c2nccs2)c1. The quantitative estimate of drug-likeness (QED) is 0.491. The Kier molecular flexibility index (Phi) is 4.41. The van der Waals surface area contributed by atoms with Crippen molar-refractivity contribution in [2.24, 2.45) is 0 Å². The molecule has 0 unspecified atom stereocenters. The number of hydrogen-bond acceptors (Lipinski definition) is 5. The molecule has 0 spiro atoms. The molecule has 1 aromatic heterocycles. The molecule has 0 saturated heterocycles. The van der Waals surface area contributed by atoms with Gasteiger partial charge in [0, 0.05) is 40.6 Å². The van der Waals surface area contributed by atoms with Gasteiger partial charge in [-0.1, -0.05) is 0 Å². The van der Waals surface area contributed by atoms with Crippen LogP contribution in [-0.2, 0) is 6.18 Å². The number of nitrogens with zero attached hydrogens (tertiary/aromatic N) is 2. The Labute approximate surface area is 143 Å². The Bertz CT molecular complexity index is 894. The van der Waals surface area contributed by atoms with Crippen LogP contribution < -0.4 is 5.32 Å². The van der Waals surface area contributed by atoms with Crippen LogP contribution in [0.25, 0.3) is 10.6 Å². The van der Waals surface area contributed by atoms with E-state index in [2.05, 4.69) is 10.3 Å². The van der Waals surface area contributed by atoms with Crippen molar-refractivity contribution in [1.29, 1.82) is 0 Å². The lowest BCUT2D eigenvalue weighted by Gasteiger charge is -2.12. The van der Waals surface area contributed by atoms with E-state index in [9.17, 15) is 23.3 Å². The molecule has 3 aromatic rings. The summed E-state index contributed by atoms with van der Waals surface area (Å²) in [7, 11) is 0. The maximum atomic E-state index is 12.6. The van der Waals surface area contributed by atoms with Gasteiger partial charge in [0.25, 0.3) is 5.69 Å². The van der Waals surface area contributed by atoms with E-state index in [4.69, 9.17) is 0 Å². The van der Waals surface area contributed by atoms with Crippen LogP contribution in [0, 0.1) is 10.1 Å². The van der Waals surface area contributed by atoms with Crippen molar-refractivity contribution in [3.63, 3.8) is 0 Å². The number of anilines is 2. The molecule has 25 heavy (non-hydrogen) atoms. The zero-order valence-corrected chi connectivity index (χ0v) is 13.3. The van der Waals surface area contributed by atoms with Crippen LogP contribution in [0.3, 0.4) is 0 Å². The second-order valence-electron chi connectivity index (χ2n) is 5.02. The minimum absolute atomic E-state index is 0.0943. The van der Waals surface area contributed by atoms with Crippen molar-refractivity contribution in [1.82, 2.24) is 4.98 Å². The monoisotopic (exact) mass is 365 g/mol. The Morgan fingerprint density at radius 3 is 2.40 bits per heavy atom. The summed E-state index contributed by atoms with van der Waals surface area (Å²) in [6.45, 7) is 0. The van der Waals surface area contributed by atoms with Gasteiger partial charge in [0.05, 0.1) is 10.5 Å². The van der Waals surface area contributed by atoms with Crippen molar-refractivity contribution in [2.75, 3.05) is 5.32 Å². The fourth-order valence-electron chi connectivity index (χ4n) is 2.19. The molecule has 9 heteroatoms. The number of benzene rings is 2. The molecule has 0 atom stereocenters. The van der Waals surface area contributed by atoms with Gasteiger partial charge in [-0.3, -0.25) is 10.1 Å². The van der Waals surface area contributed by atoms with Crippen molar-refractivity contribution in [3.8, 4) is 10.6 Å². The highest BCUT2D eigenvalue weighted by atomic mass is 32.1. The first-order chi connectivity index (χ1) is 11.8. The molecule has 3 rings (SSSR count). The summed E-state index contributed by atoms with van der Waals surface area (Å²) in [6, 6.07) is 8.75. The highest BCUT2D eigenvalue weighted by molar-refractivity contribution is 7.13. The molecule has 1 heterocycles. The summed E-state index contributed by atoms with van der Waals surface area (Å²) in [5.74, 6) is 0. The molecule has 0 radical (unpaired) electrons. The average Bonchev–Trinajstić information content (AvgIpc) is 3.09. The highest BCUT2D eigenvalue weighted by Gasteiger charge is 2.30. The molecule has 0 aliphatic carbocycles. The average molecular weight is 365 g/mol. The van der Waals surface area contributed by atoms with Crippen molar-refractivity contribution >= 4 is 28.4 Å². The summed E-state index contributed by atoms with van der Waals surface area (Å²) in [6.07, 6.45) is -2.83. The summed E-state index contributed by atoms with van der Waals surface area (Å²) in [4.78, 5) is 14.6. The van der Waals surface area contributed by atoms with Crippen LogP contribution in [0.1, 0.15) is 5.56 Å². The maximum Gasteiger partial charge on any atom is 0.416 e. The van der Waals surface area contributed by atoms with Gasteiger partial charge in [0.2, 0.25) is 0 Å². The van der Waals surface area contributed by atoms with Crippen LogP contribution in [-0.4, -0.2) is 9.91 Å². The number of hydrogen-bond donors (Lipinski definition) is 1. The number of non-ortho nitro benzene ring substituents is 1. The van der Waals surface area contributed by atoms with Crippen LogP contribution in [0.15, 0.2) is 54.0 Å². The smallest absolute Gasteiger partial charge is 0.355 e. The molecule has 5 nitrogen and oxygen atoms in total. The topological polar surface area (TPSA) is 68.1 Å². The van der Waals surface area contributed by atoms with E-state index in [-0.39, 0.29) is 5.69 Å². The van der Waals surface area contributed by atoms with Crippen molar-refractivity contribution in [3.05, 3.63) is 69.7 Å². The summed E-state index contributed by atoms with van der Waals surface area (Å²) in [5.41, 5.74) is 0.606. The predicted octanol–water partition coefficient (Wildman–Crippen LogP) is 5.48. The van der Waals surface area contributed by atoms with E-state index in [0.29, 0.717) is 21.9 Å². The number of aromatic nitrogens is 1. The van der Waals surface area contributed by atoms with E-state index in [1.54, 1.807) is 11.6 Å². The summed E-state index contributed by atoms with van der Waals surface area (Å²) >= 11 is 1.30. The molecule has 2 aromatic carbocycles. The number of nitro groups is 1. The second-order valence-corrected chi connectivity index (χ2v) is 5.92. The Hall–Kier alpha value is -2.94. The molecule has 0 aliphatic rings. The van der Waals surface area contributed by atoms with E-state index >= 15 is 0 Å². The molecular weight excluding hydrogens is 355 g/mol. The Morgan fingerprint density at radius 1 is 1.12 bits per heavy atom. The fraction of sp³-hybridized carbons (Fsp3) is 0.0625. The number of halogens is 3. The normalized spacial score (nSPS) is 11.3. The van der Waals surface area contributed by atoms with Gasteiger partial charge in [-0.2, -0.15) is 13.2 Å². The molecule has 128 valence electrons. The zero-order valence-electron chi connectivity index (χ0n) is 12.4. The molecule has 0 fully saturated rings. The number of thiazole rings is 1. The number of rotatable bonds is 4. The maximum absolute atomic E-state index is 12.6. The lowest BCUT2D eigenvalue weighted by Crippen LogP contribution is -2.04. The predicted molar refractivity (Wildman–Crippen MR) is 88.9 cm³/mol. The standard InChI is InChI=1S/C16H10F3N3O2S/c17-16(18,19)10-1-3-11(4-2-10)21-14-6-5-12(22(23)24)9-13(14)15-20-7-8-25-15/h1-9,21H. The van der Waals surface area contributed by atoms with Gasteiger partial charge in [0.15, 0.2) is 0 Å². The largest absolute Gasteiger partial charge is 0.416 e. The van der Waals surface area contributed by atoms with E-state index in [1.807, 2.05) is 0 Å². The lowest BCUT2D eigenvalue weighted by atomic mass is 10.1. The molecule has 0 aliphatic heterocycles. The van der Waals surface area contributed by atoms with Gasteiger partial charge in [-0.15, -0.1) is 11.3 Å². The highest BCUT2D eigenvalue weighted by Crippen LogP contribution is 2.35. The van der Waals surface area contributed by atoms with Gasteiger partial charge in [-0.25, -0.2) is 4.98 Å². The number of nitro benzene ring substituents is 1. The third-order valence-electron chi connectivity index (χ3n) is 3.37. The van der Waals surface area contributed by atoms with Crippen LogP contribution in [0.2, 0.25) is 0 Å². The van der Waals surface area contributed by atoms with Gasteiger partial charge < -0.3 is 5.32 Å². The number of nitrogens with one attached hydrogen (secondary N) is 1. The first-order valence-corrected chi connectivity index (χ1v) is 7.85. The first-order valence-electron chi connectivity index (χ1n) is 6.97. The van der Waals surface area contributed by atoms with Gasteiger partial charge >= 0.3 is 6.18 Å². The van der Waals surface area contributed by atoms with Crippen molar-refractivity contribution < 1.29 is 18.1 Å². The Balaban J connectivity index is 1.96. The van der Waals surface area contributed by atoms with E-state index in [0.717, 1.165) is 12.1 Å². The summed E-state index contributed by atoms with van der Waals surface area (Å²) < 4.78 is 37.9. The van der Waals surface area contributed by atoms with Gasteiger partial charge in [-0.05, 0) is 30.3 Å². The molecular formula is C16H10F3N3O2S. The molecule has 0 saturated carbocycles. The molecule has 1 N–H and O–H groups in total. The number of alkyl halides is 3. The van der Waals surface area contributed by atoms with E-state index in [1.165, 1.54) is 41.7 Å². The van der Waals surface area contributed by atoms with Crippen LogP contribution in [0.4, 0.5) is 30.2 Å². The molecule has 0 bridgehead atoms. The van der Waals surface area contributed by atoms with Crippen molar-refractivity contribution in [2.45, 2.75) is 6.18 Å². The zero-order chi connectivity index (χ0) is 18.0.